The van der Waals surface area contributed by atoms with Crippen LogP contribution in [0.2, 0.25) is 0 Å². The Bertz CT molecular complexity index is 1100. The third-order valence-electron chi connectivity index (χ3n) is 4.51. The van der Waals surface area contributed by atoms with Gasteiger partial charge in [-0.05, 0) is 36.8 Å². The molecule has 0 amide bonds. The summed E-state index contributed by atoms with van der Waals surface area (Å²) < 4.78 is 9.03. The number of carbonyl (C=O) groups excluding carboxylic acids is 1. The molecule has 6 nitrogen and oxygen atoms in total. The van der Waals surface area contributed by atoms with Gasteiger partial charge in [-0.1, -0.05) is 36.4 Å². The number of hydrogen-bond donors (Lipinski definition) is 0. The minimum absolute atomic E-state index is 0.114. The topological polar surface area (TPSA) is 61.9 Å². The van der Waals surface area contributed by atoms with E-state index < -0.39 is 0 Å². The molecule has 0 aliphatic carbocycles. The predicted molar refractivity (Wildman–Crippen MR) is 106 cm³/mol. The second kappa shape index (κ2) is 7.52. The van der Waals surface area contributed by atoms with Crippen molar-refractivity contribution in [3.05, 3.63) is 84.3 Å². The Morgan fingerprint density at radius 3 is 2.36 bits per heavy atom. The molecule has 0 aliphatic heterocycles. The molecule has 0 bridgehead atoms. The van der Waals surface area contributed by atoms with Crippen LogP contribution in [0.15, 0.2) is 73.1 Å². The summed E-state index contributed by atoms with van der Waals surface area (Å²) in [4.78, 5) is 12.6. The number of para-hydroxylation sites is 2. The first-order valence-electron chi connectivity index (χ1n) is 9.00. The lowest BCUT2D eigenvalue weighted by molar-refractivity contribution is -0.133. The Hall–Kier alpha value is -3.67. The molecule has 4 rings (SSSR count). The number of rotatable bonds is 5. The lowest BCUT2D eigenvalue weighted by Gasteiger charge is -2.08. The van der Waals surface area contributed by atoms with E-state index in [1.165, 1.54) is 0 Å². The normalized spacial score (nSPS) is 10.8. The maximum Gasteiger partial charge on any atom is 0.317 e. The fourth-order valence-electron chi connectivity index (χ4n) is 3.13. The van der Waals surface area contributed by atoms with Crippen LogP contribution in [-0.4, -0.2) is 25.5 Å². The number of hydrogen-bond acceptors (Lipinski definition) is 4. The monoisotopic (exact) mass is 372 g/mol. The van der Waals surface area contributed by atoms with Gasteiger partial charge in [0, 0.05) is 18.8 Å². The maximum atomic E-state index is 12.6. The van der Waals surface area contributed by atoms with Gasteiger partial charge in [0.25, 0.3) is 0 Å². The van der Waals surface area contributed by atoms with Gasteiger partial charge < -0.3 is 4.74 Å². The summed E-state index contributed by atoms with van der Waals surface area (Å²) >= 11 is 0. The van der Waals surface area contributed by atoms with E-state index in [0.717, 1.165) is 28.2 Å². The van der Waals surface area contributed by atoms with Crippen LogP contribution in [0, 0.1) is 6.92 Å². The summed E-state index contributed by atoms with van der Waals surface area (Å²) in [7, 11) is 1.87. The molecule has 28 heavy (non-hydrogen) atoms. The molecular weight excluding hydrogens is 352 g/mol. The van der Waals surface area contributed by atoms with Crippen LogP contribution >= 0.6 is 0 Å². The van der Waals surface area contributed by atoms with Crippen molar-refractivity contribution in [3.8, 4) is 22.7 Å². The fourth-order valence-corrected chi connectivity index (χ4v) is 3.13. The zero-order chi connectivity index (χ0) is 19.5. The Kier molecular flexibility index (Phi) is 4.76. The highest BCUT2D eigenvalue weighted by Crippen LogP contribution is 2.27. The van der Waals surface area contributed by atoms with Gasteiger partial charge in [-0.15, -0.1) is 0 Å². The molecule has 0 N–H and O–H groups in total. The minimum Gasteiger partial charge on any atom is -0.426 e. The predicted octanol–water partition coefficient (Wildman–Crippen LogP) is 3.73. The molecule has 0 spiro atoms. The van der Waals surface area contributed by atoms with Gasteiger partial charge in [-0.25, -0.2) is 4.68 Å². The van der Waals surface area contributed by atoms with E-state index >= 15 is 0 Å². The molecule has 6 heteroatoms. The van der Waals surface area contributed by atoms with E-state index in [-0.39, 0.29) is 12.4 Å². The fraction of sp³-hybridized carbons (Fsp3) is 0.136. The first-order chi connectivity index (χ1) is 13.6. The van der Waals surface area contributed by atoms with E-state index in [1.807, 2.05) is 73.4 Å². The van der Waals surface area contributed by atoms with Gasteiger partial charge in [0.1, 0.15) is 5.75 Å². The number of aromatic nitrogens is 4. The van der Waals surface area contributed by atoms with Crippen molar-refractivity contribution in [3.63, 3.8) is 0 Å². The van der Waals surface area contributed by atoms with E-state index in [2.05, 4.69) is 5.10 Å². The Balaban J connectivity index is 1.72. The molecule has 0 saturated carbocycles. The van der Waals surface area contributed by atoms with Gasteiger partial charge in [-0.3, -0.25) is 9.48 Å². The second-order valence-corrected chi connectivity index (χ2v) is 6.53. The van der Waals surface area contributed by atoms with Crippen LogP contribution in [0.4, 0.5) is 0 Å². The molecule has 2 aromatic carbocycles. The van der Waals surface area contributed by atoms with Crippen molar-refractivity contribution in [2.24, 2.45) is 7.05 Å². The second-order valence-electron chi connectivity index (χ2n) is 6.53. The summed E-state index contributed by atoms with van der Waals surface area (Å²) in [6.45, 7) is 1.97. The van der Waals surface area contributed by atoms with Crippen molar-refractivity contribution >= 4 is 5.97 Å². The maximum absolute atomic E-state index is 12.6. The lowest BCUT2D eigenvalue weighted by Crippen LogP contribution is -2.15. The quantitative estimate of drug-likeness (QED) is 0.396. The van der Waals surface area contributed by atoms with Crippen LogP contribution in [0.5, 0.6) is 5.75 Å². The number of nitrogens with zero attached hydrogens (tertiary/aromatic N) is 4. The molecule has 2 aromatic heterocycles. The van der Waals surface area contributed by atoms with Crippen LogP contribution in [0.25, 0.3) is 16.9 Å². The van der Waals surface area contributed by atoms with Crippen LogP contribution in [-0.2, 0) is 18.3 Å². The van der Waals surface area contributed by atoms with E-state index in [4.69, 9.17) is 9.84 Å². The summed E-state index contributed by atoms with van der Waals surface area (Å²) in [6, 6.07) is 18.9. The molecule has 4 aromatic rings. The number of ether oxygens (including phenoxy) is 1. The number of benzene rings is 2. The molecule has 0 atom stereocenters. The smallest absolute Gasteiger partial charge is 0.317 e. The van der Waals surface area contributed by atoms with E-state index in [9.17, 15) is 4.79 Å². The molecule has 0 radical (unpaired) electrons. The van der Waals surface area contributed by atoms with Gasteiger partial charge in [0.15, 0.2) is 0 Å². The molecule has 140 valence electrons. The summed E-state index contributed by atoms with van der Waals surface area (Å²) in [6.07, 6.45) is 3.80. The Morgan fingerprint density at radius 2 is 1.71 bits per heavy atom. The molecule has 0 fully saturated rings. The van der Waals surface area contributed by atoms with Crippen molar-refractivity contribution in [2.75, 3.05) is 0 Å². The number of aryl methyl sites for hydroxylation is 1. The minimum atomic E-state index is -0.330. The first kappa shape index (κ1) is 17.7. The molecular formula is C22H20N4O2. The van der Waals surface area contributed by atoms with Crippen molar-refractivity contribution < 1.29 is 9.53 Å². The highest BCUT2D eigenvalue weighted by Gasteiger charge is 2.21. The molecule has 0 aliphatic rings. The van der Waals surface area contributed by atoms with Gasteiger partial charge in [0.2, 0.25) is 0 Å². The highest BCUT2D eigenvalue weighted by molar-refractivity contribution is 5.76. The standard InChI is InChI=1S/C22H20N4O2/c1-16-20(13-21(27)28-19-11-7-4-8-12-19)26(18-9-5-3-6-10-18)24-22(16)17-14-23-25(2)15-17/h3-12,14-15H,13H2,1-2H3. The number of carbonyl (C=O) groups is 1. The van der Waals surface area contributed by atoms with E-state index in [1.54, 1.807) is 23.0 Å². The van der Waals surface area contributed by atoms with Crippen LogP contribution in [0.1, 0.15) is 11.3 Å². The van der Waals surface area contributed by atoms with Crippen molar-refractivity contribution in [1.82, 2.24) is 19.6 Å². The molecule has 2 heterocycles. The average Bonchev–Trinajstić information content (AvgIpc) is 3.27. The zero-order valence-electron chi connectivity index (χ0n) is 15.7. The number of esters is 1. The SMILES string of the molecule is Cc1c(-c2cnn(C)c2)nn(-c2ccccc2)c1CC(=O)Oc1ccccc1. The Morgan fingerprint density at radius 1 is 1.04 bits per heavy atom. The average molecular weight is 372 g/mol. The summed E-state index contributed by atoms with van der Waals surface area (Å²) in [5.74, 6) is 0.201. The highest BCUT2D eigenvalue weighted by atomic mass is 16.5. The van der Waals surface area contributed by atoms with Gasteiger partial charge in [0.05, 0.1) is 29.7 Å². The van der Waals surface area contributed by atoms with Crippen molar-refractivity contribution in [1.29, 1.82) is 0 Å². The first-order valence-corrected chi connectivity index (χ1v) is 9.00. The van der Waals surface area contributed by atoms with Crippen LogP contribution < -0.4 is 4.74 Å². The van der Waals surface area contributed by atoms with Gasteiger partial charge >= 0.3 is 5.97 Å². The third kappa shape index (κ3) is 3.57. The summed E-state index contributed by atoms with van der Waals surface area (Å²) in [5, 5.41) is 9.02. The Labute approximate surface area is 163 Å². The molecule has 0 saturated heterocycles. The van der Waals surface area contributed by atoms with Gasteiger partial charge in [-0.2, -0.15) is 10.2 Å². The van der Waals surface area contributed by atoms with E-state index in [0.29, 0.717) is 5.75 Å². The van der Waals surface area contributed by atoms with Crippen LogP contribution in [0.3, 0.4) is 0 Å². The largest absolute Gasteiger partial charge is 0.426 e. The zero-order valence-corrected chi connectivity index (χ0v) is 15.7. The summed E-state index contributed by atoms with van der Waals surface area (Å²) in [5.41, 5.74) is 4.34. The third-order valence-corrected chi connectivity index (χ3v) is 4.51. The van der Waals surface area contributed by atoms with Crippen molar-refractivity contribution in [2.45, 2.75) is 13.3 Å². The molecule has 0 unspecified atom stereocenters. The lowest BCUT2D eigenvalue weighted by atomic mass is 10.1.